The number of halogens is 2. The molecule has 14 heteroatoms. The number of ether oxygens (including phenoxy) is 4. The number of aliphatic hydroxyl groups excluding tert-OH is 3. The van der Waals surface area contributed by atoms with Crippen LogP contribution in [0.4, 0.5) is 0 Å². The number of carbonyl (C=O) groups excluding carboxylic acids is 2. The minimum Gasteiger partial charge on any atom is -0.484 e. The fraction of sp³-hybridized carbons (Fsp3) is 0.478. The van der Waals surface area contributed by atoms with E-state index in [-0.39, 0.29) is 39.4 Å². The number of nitrogens with one attached hydrogen (secondary N) is 1. The summed E-state index contributed by atoms with van der Waals surface area (Å²) in [5, 5.41) is 32.6. The monoisotopic (exact) mass is 561 g/mol. The van der Waals surface area contributed by atoms with Crippen molar-refractivity contribution in [3.8, 4) is 5.75 Å². The molecule has 1 aromatic carbocycles. The van der Waals surface area contributed by atoms with Crippen molar-refractivity contribution in [2.75, 3.05) is 27.4 Å². The summed E-state index contributed by atoms with van der Waals surface area (Å²) in [6, 6.07) is 0.159. The Morgan fingerprint density at radius 1 is 1.27 bits per heavy atom. The predicted molar refractivity (Wildman–Crippen MR) is 135 cm³/mol. The molecule has 12 nitrogen and oxygen atoms in total. The van der Waals surface area contributed by atoms with E-state index >= 15 is 0 Å². The molecule has 0 bridgehead atoms. The average molecular weight is 562 g/mol. The van der Waals surface area contributed by atoms with Gasteiger partial charge in [-0.25, -0.2) is 4.79 Å². The van der Waals surface area contributed by atoms with E-state index in [1.54, 1.807) is 6.92 Å². The molecule has 37 heavy (non-hydrogen) atoms. The van der Waals surface area contributed by atoms with Crippen molar-refractivity contribution in [3.05, 3.63) is 39.1 Å². The lowest BCUT2D eigenvalue weighted by atomic mass is 9.96. The molecular formula is C23H29Cl2N3O9. The molecule has 1 amide bonds. The van der Waals surface area contributed by atoms with Gasteiger partial charge in [0.1, 0.15) is 36.7 Å². The van der Waals surface area contributed by atoms with E-state index in [0.717, 1.165) is 0 Å². The first-order chi connectivity index (χ1) is 17.5. The van der Waals surface area contributed by atoms with Crippen molar-refractivity contribution in [2.45, 2.75) is 44.5 Å². The summed E-state index contributed by atoms with van der Waals surface area (Å²) >= 11 is 12.8. The van der Waals surface area contributed by atoms with Crippen LogP contribution in [0, 0.1) is 6.92 Å². The minimum atomic E-state index is -1.49. The molecule has 4 N–H and O–H groups in total. The summed E-state index contributed by atoms with van der Waals surface area (Å²) in [4.78, 5) is 32.2. The summed E-state index contributed by atoms with van der Waals surface area (Å²) in [7, 11) is 2.52. The zero-order chi connectivity index (χ0) is 27.9. The van der Waals surface area contributed by atoms with Crippen LogP contribution in [-0.4, -0.2) is 97.7 Å². The summed E-state index contributed by atoms with van der Waals surface area (Å²) in [5.41, 5.74) is 0.726. The molecule has 204 valence electrons. The first-order valence-electron chi connectivity index (χ1n) is 10.9. The number of aliphatic imine (C=N–C) groups is 2. The summed E-state index contributed by atoms with van der Waals surface area (Å²) in [6.07, 6.45) is -3.91. The number of aliphatic hydroxyl groups is 3. The number of carbonyl (C=O) groups is 2. The second-order valence-corrected chi connectivity index (χ2v) is 8.67. The predicted octanol–water partition coefficient (Wildman–Crippen LogP) is 1.04. The molecule has 0 aromatic heterocycles. The van der Waals surface area contributed by atoms with E-state index in [1.807, 2.05) is 0 Å². The molecule has 1 heterocycles. The maximum atomic E-state index is 13.0. The van der Waals surface area contributed by atoms with Crippen LogP contribution in [0.3, 0.4) is 0 Å². The first-order valence-corrected chi connectivity index (χ1v) is 11.6. The number of benzene rings is 1. The van der Waals surface area contributed by atoms with Crippen LogP contribution < -0.4 is 10.1 Å². The van der Waals surface area contributed by atoms with Gasteiger partial charge in [-0.2, -0.15) is 0 Å². The zero-order valence-corrected chi connectivity index (χ0v) is 22.1. The van der Waals surface area contributed by atoms with Crippen molar-refractivity contribution in [1.82, 2.24) is 5.32 Å². The molecule has 0 spiro atoms. The minimum absolute atomic E-state index is 0.00233. The van der Waals surface area contributed by atoms with Crippen LogP contribution in [0.25, 0.3) is 0 Å². The third kappa shape index (κ3) is 7.26. The number of esters is 1. The molecule has 0 aliphatic carbocycles. The third-order valence-corrected chi connectivity index (χ3v) is 6.27. The zero-order valence-electron chi connectivity index (χ0n) is 20.6. The Labute approximate surface area is 223 Å². The van der Waals surface area contributed by atoms with Gasteiger partial charge in [0, 0.05) is 12.7 Å². The molecule has 5 atom stereocenters. The summed E-state index contributed by atoms with van der Waals surface area (Å²) in [6.45, 7) is 5.74. The highest BCUT2D eigenvalue weighted by Gasteiger charge is 2.45. The van der Waals surface area contributed by atoms with Crippen molar-refractivity contribution in [2.24, 2.45) is 9.98 Å². The van der Waals surface area contributed by atoms with Gasteiger partial charge in [0.15, 0.2) is 12.0 Å². The quantitative estimate of drug-likeness (QED) is 0.241. The number of amides is 1. The van der Waals surface area contributed by atoms with Gasteiger partial charge in [0.25, 0.3) is 5.91 Å². The van der Waals surface area contributed by atoms with Crippen LogP contribution >= 0.6 is 23.2 Å². The van der Waals surface area contributed by atoms with Gasteiger partial charge in [-0.05, 0) is 32.2 Å². The first kappa shape index (κ1) is 30.6. The Bertz CT molecular complexity index is 1080. The SMILES string of the molecule is C=N/C(=C\N=C(/C)C(=O)OC)COc1c(Cl)cc(C(=O)N[C@H]2[C@@H](OC)O[C@H](CO)[C@@H](O)[C@@H]2O)c(C)c1Cl. The van der Waals surface area contributed by atoms with Gasteiger partial charge in [0.2, 0.25) is 0 Å². The van der Waals surface area contributed by atoms with Crippen LogP contribution in [-0.2, 0) is 19.0 Å². The number of hydrogen-bond donors (Lipinski definition) is 4. The highest BCUT2D eigenvalue weighted by molar-refractivity contribution is 6.38. The molecule has 0 radical (unpaired) electrons. The Hall–Kier alpha value is -2.58. The van der Waals surface area contributed by atoms with Crippen molar-refractivity contribution in [3.63, 3.8) is 0 Å². The number of rotatable bonds is 10. The van der Waals surface area contributed by atoms with Crippen molar-refractivity contribution in [1.29, 1.82) is 0 Å². The molecule has 1 fully saturated rings. The lowest BCUT2D eigenvalue weighted by Crippen LogP contribution is -2.64. The lowest BCUT2D eigenvalue weighted by Gasteiger charge is -2.41. The van der Waals surface area contributed by atoms with Gasteiger partial charge in [-0.15, -0.1) is 0 Å². The highest BCUT2D eigenvalue weighted by Crippen LogP contribution is 2.38. The van der Waals surface area contributed by atoms with Crippen LogP contribution in [0.2, 0.25) is 10.0 Å². The van der Waals surface area contributed by atoms with Gasteiger partial charge in [0.05, 0.1) is 35.7 Å². The molecule has 0 saturated carbocycles. The average Bonchev–Trinajstić information content (AvgIpc) is 2.89. The Morgan fingerprint density at radius 2 is 1.95 bits per heavy atom. The van der Waals surface area contributed by atoms with Gasteiger partial charge >= 0.3 is 5.97 Å². The molecule has 1 aromatic rings. The molecule has 1 saturated heterocycles. The summed E-state index contributed by atoms with van der Waals surface area (Å²) in [5.74, 6) is -1.22. The highest BCUT2D eigenvalue weighted by atomic mass is 35.5. The normalized spacial score (nSPS) is 24.4. The van der Waals surface area contributed by atoms with Crippen molar-refractivity contribution >= 4 is 47.5 Å². The fourth-order valence-corrected chi connectivity index (χ4v) is 3.93. The number of nitrogens with zero attached hydrogens (tertiary/aromatic N) is 2. The Kier molecular flexibility index (Phi) is 11.4. The molecule has 2 rings (SSSR count). The van der Waals surface area contributed by atoms with Crippen LogP contribution in [0.5, 0.6) is 5.75 Å². The molecule has 1 aliphatic heterocycles. The summed E-state index contributed by atoms with van der Waals surface area (Å²) < 4.78 is 20.8. The largest absolute Gasteiger partial charge is 0.484 e. The van der Waals surface area contributed by atoms with E-state index in [1.165, 1.54) is 33.4 Å². The second-order valence-electron chi connectivity index (χ2n) is 7.89. The van der Waals surface area contributed by atoms with E-state index in [0.29, 0.717) is 5.56 Å². The lowest BCUT2D eigenvalue weighted by molar-refractivity contribution is -0.261. The maximum absolute atomic E-state index is 13.0. The molecule has 1 aliphatic rings. The van der Waals surface area contributed by atoms with Gasteiger partial charge < -0.3 is 39.6 Å². The van der Waals surface area contributed by atoms with E-state index in [9.17, 15) is 24.9 Å². The standard InChI is InChI=1S/C23H29Cl2N3O9/c1-10-13(21(32)28-17-19(31)18(30)15(8-29)37-23(17)35-5)6-14(24)20(16(10)25)36-9-12(26-3)7-27-11(2)22(33)34-4/h6-7,15,17-19,23,29-31H,3,8-9H2,1-2,4-5H3,(H,28,32)/b12-7-,27-11+/t15-,17-,18-,19-,23+/m1/s1. The number of methoxy groups -OCH3 is 2. The van der Waals surface area contributed by atoms with Gasteiger partial charge in [-0.1, -0.05) is 23.2 Å². The Morgan fingerprint density at radius 3 is 2.51 bits per heavy atom. The van der Waals surface area contributed by atoms with Crippen LogP contribution in [0.1, 0.15) is 22.8 Å². The molecule has 0 unspecified atom stereocenters. The van der Waals surface area contributed by atoms with E-state index in [4.69, 9.17) is 37.4 Å². The number of hydrogen-bond acceptors (Lipinski definition) is 11. The third-order valence-electron chi connectivity index (χ3n) is 5.53. The maximum Gasteiger partial charge on any atom is 0.352 e. The fourth-order valence-electron chi connectivity index (χ4n) is 3.37. The molecular weight excluding hydrogens is 533 g/mol. The van der Waals surface area contributed by atoms with E-state index in [2.05, 4.69) is 26.8 Å². The van der Waals surface area contributed by atoms with Crippen molar-refractivity contribution < 1.29 is 43.9 Å². The van der Waals surface area contributed by atoms with Crippen LogP contribution in [0.15, 0.2) is 27.9 Å². The smallest absolute Gasteiger partial charge is 0.352 e. The topological polar surface area (TPSA) is 168 Å². The van der Waals surface area contributed by atoms with Gasteiger partial charge in [-0.3, -0.25) is 14.8 Å². The second kappa shape index (κ2) is 13.8. The Balaban J connectivity index is 2.23. The van der Waals surface area contributed by atoms with E-state index < -0.39 is 49.1 Å².